The number of hydrogen-bond acceptors (Lipinski definition) is 1. The van der Waals surface area contributed by atoms with Crippen LogP contribution in [0.5, 0.6) is 0 Å². The van der Waals surface area contributed by atoms with Crippen LogP contribution < -0.4 is 5.32 Å². The average molecular weight is 279 g/mol. The van der Waals surface area contributed by atoms with Crippen LogP contribution in [0.2, 0.25) is 5.02 Å². The van der Waals surface area contributed by atoms with Gasteiger partial charge in [0.15, 0.2) is 0 Å². The monoisotopic (exact) mass is 277 g/mol. The fourth-order valence-electron chi connectivity index (χ4n) is 1.76. The molecule has 1 aliphatic rings. The first-order chi connectivity index (χ1) is 6.70. The fourth-order valence-corrected chi connectivity index (χ4v) is 2.24. The zero-order chi connectivity index (χ0) is 10.1. The van der Waals surface area contributed by atoms with Crippen LogP contribution in [0.15, 0.2) is 16.6 Å². The third kappa shape index (κ3) is 1.81. The number of rotatable bonds is 1. The summed E-state index contributed by atoms with van der Waals surface area (Å²) in [6, 6.07) is 3.70. The normalized spacial score (nSPS) is 21.5. The molecule has 0 radical (unpaired) electrons. The number of benzene rings is 1. The molecule has 1 saturated heterocycles. The molecular weight excluding hydrogens is 268 g/mol. The molecule has 0 aromatic heterocycles. The Morgan fingerprint density at radius 1 is 1.50 bits per heavy atom. The Labute approximate surface area is 95.8 Å². The molecule has 1 N–H and O–H groups in total. The zero-order valence-electron chi connectivity index (χ0n) is 7.49. The van der Waals surface area contributed by atoms with Gasteiger partial charge in [0.2, 0.25) is 0 Å². The first-order valence-corrected chi connectivity index (χ1v) is 5.74. The Hall–Kier alpha value is -0.120. The van der Waals surface area contributed by atoms with Crippen molar-refractivity contribution in [3.05, 3.63) is 33.0 Å². The Bertz CT molecular complexity index is 350. The minimum Gasteiger partial charge on any atom is -0.310 e. The Morgan fingerprint density at radius 2 is 2.29 bits per heavy atom. The van der Waals surface area contributed by atoms with Gasteiger partial charge in [0.1, 0.15) is 5.82 Å². The lowest BCUT2D eigenvalue weighted by molar-refractivity contribution is 0.558. The van der Waals surface area contributed by atoms with Crippen molar-refractivity contribution in [2.45, 2.75) is 18.9 Å². The van der Waals surface area contributed by atoms with Crippen molar-refractivity contribution in [3.63, 3.8) is 0 Å². The topological polar surface area (TPSA) is 12.0 Å². The quantitative estimate of drug-likeness (QED) is 0.773. The number of nitrogens with one attached hydrogen (secondary N) is 1. The standard InChI is InChI=1S/C10H10BrClFN/c11-7-4-3-6(10(13)9(7)12)8-2-1-5-14-8/h3-4,8,14H,1-2,5H2. The average Bonchev–Trinajstić information content (AvgIpc) is 2.67. The molecule has 1 fully saturated rings. The summed E-state index contributed by atoms with van der Waals surface area (Å²) in [7, 11) is 0. The van der Waals surface area contributed by atoms with Gasteiger partial charge in [-0.15, -0.1) is 0 Å². The van der Waals surface area contributed by atoms with Gasteiger partial charge in [-0.1, -0.05) is 17.7 Å². The molecular formula is C10H10BrClFN. The molecule has 1 nitrogen and oxygen atoms in total. The van der Waals surface area contributed by atoms with Crippen LogP contribution >= 0.6 is 27.5 Å². The van der Waals surface area contributed by atoms with Crippen LogP contribution in [-0.4, -0.2) is 6.54 Å². The van der Waals surface area contributed by atoms with Crippen molar-refractivity contribution in [1.29, 1.82) is 0 Å². The van der Waals surface area contributed by atoms with Gasteiger partial charge in [-0.25, -0.2) is 4.39 Å². The number of halogens is 3. The maximum Gasteiger partial charge on any atom is 0.147 e. The van der Waals surface area contributed by atoms with Gasteiger partial charge in [0.05, 0.1) is 5.02 Å². The van der Waals surface area contributed by atoms with Gasteiger partial charge in [-0.2, -0.15) is 0 Å². The van der Waals surface area contributed by atoms with Crippen LogP contribution in [0.25, 0.3) is 0 Å². The Balaban J connectivity index is 2.38. The van der Waals surface area contributed by atoms with E-state index in [-0.39, 0.29) is 16.9 Å². The molecule has 0 amide bonds. The summed E-state index contributed by atoms with van der Waals surface area (Å²) in [5.74, 6) is -0.305. The van der Waals surface area contributed by atoms with Crippen molar-refractivity contribution in [1.82, 2.24) is 5.32 Å². The Morgan fingerprint density at radius 3 is 2.93 bits per heavy atom. The summed E-state index contributed by atoms with van der Waals surface area (Å²) in [5.41, 5.74) is 0.677. The smallest absolute Gasteiger partial charge is 0.147 e. The van der Waals surface area contributed by atoms with E-state index in [0.29, 0.717) is 10.0 Å². The Kier molecular flexibility index (Phi) is 3.10. The largest absolute Gasteiger partial charge is 0.310 e. The van der Waals surface area contributed by atoms with Crippen LogP contribution in [0.3, 0.4) is 0 Å². The third-order valence-electron chi connectivity index (χ3n) is 2.50. The first-order valence-electron chi connectivity index (χ1n) is 4.57. The van der Waals surface area contributed by atoms with Crippen molar-refractivity contribution >= 4 is 27.5 Å². The second-order valence-corrected chi connectivity index (χ2v) is 4.65. The van der Waals surface area contributed by atoms with Crippen molar-refractivity contribution in [2.75, 3.05) is 6.54 Å². The van der Waals surface area contributed by atoms with Crippen LogP contribution in [-0.2, 0) is 0 Å². The summed E-state index contributed by atoms with van der Waals surface area (Å²) in [5, 5.41) is 3.42. The van der Waals surface area contributed by atoms with Crippen LogP contribution in [0, 0.1) is 5.82 Å². The van der Waals surface area contributed by atoms with E-state index in [1.165, 1.54) is 0 Å². The molecule has 1 aromatic carbocycles. The van der Waals surface area contributed by atoms with Gasteiger partial charge in [0, 0.05) is 16.1 Å². The molecule has 76 valence electrons. The zero-order valence-corrected chi connectivity index (χ0v) is 9.83. The van der Waals surface area contributed by atoms with E-state index in [2.05, 4.69) is 21.2 Å². The van der Waals surface area contributed by atoms with E-state index in [4.69, 9.17) is 11.6 Å². The highest BCUT2D eigenvalue weighted by atomic mass is 79.9. The minimum absolute atomic E-state index is 0.126. The van der Waals surface area contributed by atoms with E-state index in [9.17, 15) is 4.39 Å². The third-order valence-corrected chi connectivity index (χ3v) is 3.76. The van der Waals surface area contributed by atoms with E-state index >= 15 is 0 Å². The van der Waals surface area contributed by atoms with Gasteiger partial charge in [0.25, 0.3) is 0 Å². The van der Waals surface area contributed by atoms with E-state index in [0.717, 1.165) is 19.4 Å². The highest BCUT2D eigenvalue weighted by Gasteiger charge is 2.21. The van der Waals surface area contributed by atoms with Crippen molar-refractivity contribution in [2.24, 2.45) is 0 Å². The fraction of sp³-hybridized carbons (Fsp3) is 0.400. The van der Waals surface area contributed by atoms with Gasteiger partial charge in [-0.3, -0.25) is 0 Å². The van der Waals surface area contributed by atoms with Crippen molar-refractivity contribution < 1.29 is 4.39 Å². The van der Waals surface area contributed by atoms with Crippen molar-refractivity contribution in [3.8, 4) is 0 Å². The van der Waals surface area contributed by atoms with E-state index < -0.39 is 0 Å². The van der Waals surface area contributed by atoms with E-state index in [1.807, 2.05) is 0 Å². The molecule has 0 spiro atoms. The highest BCUT2D eigenvalue weighted by Crippen LogP contribution is 2.33. The molecule has 0 bridgehead atoms. The maximum atomic E-state index is 13.7. The molecule has 1 atom stereocenters. The number of hydrogen-bond donors (Lipinski definition) is 1. The molecule has 4 heteroatoms. The lowest BCUT2D eigenvalue weighted by atomic mass is 10.1. The van der Waals surface area contributed by atoms with Crippen LogP contribution in [0.1, 0.15) is 24.4 Å². The molecule has 14 heavy (non-hydrogen) atoms. The summed E-state index contributed by atoms with van der Waals surface area (Å²) in [4.78, 5) is 0. The molecule has 1 aromatic rings. The summed E-state index contributed by atoms with van der Waals surface area (Å²) in [6.45, 7) is 0.956. The summed E-state index contributed by atoms with van der Waals surface area (Å²) in [6.07, 6.45) is 2.08. The van der Waals surface area contributed by atoms with Gasteiger partial charge in [-0.05, 0) is 41.4 Å². The van der Waals surface area contributed by atoms with Gasteiger partial charge >= 0.3 is 0 Å². The second kappa shape index (κ2) is 4.17. The molecule has 1 aliphatic heterocycles. The summed E-state index contributed by atoms with van der Waals surface area (Å²) < 4.78 is 14.3. The summed E-state index contributed by atoms with van der Waals surface area (Å²) >= 11 is 9.01. The molecule has 1 heterocycles. The molecule has 0 saturated carbocycles. The minimum atomic E-state index is -0.305. The van der Waals surface area contributed by atoms with Crippen LogP contribution in [0.4, 0.5) is 4.39 Å². The second-order valence-electron chi connectivity index (χ2n) is 3.41. The highest BCUT2D eigenvalue weighted by molar-refractivity contribution is 9.10. The maximum absolute atomic E-state index is 13.7. The van der Waals surface area contributed by atoms with Gasteiger partial charge < -0.3 is 5.32 Å². The first kappa shape index (κ1) is 10.4. The predicted molar refractivity (Wildman–Crippen MR) is 59.1 cm³/mol. The molecule has 0 aliphatic carbocycles. The molecule has 2 rings (SSSR count). The lowest BCUT2D eigenvalue weighted by Gasteiger charge is -2.12. The lowest BCUT2D eigenvalue weighted by Crippen LogP contribution is -2.14. The molecule has 1 unspecified atom stereocenters. The van der Waals surface area contributed by atoms with E-state index in [1.54, 1.807) is 12.1 Å². The predicted octanol–water partition coefficient (Wildman–Crippen LogP) is 3.67. The SMILES string of the molecule is Fc1c(C2CCCN2)ccc(Br)c1Cl.